The molecule has 136 valence electrons. The quantitative estimate of drug-likeness (QED) is 0.828. The molecule has 2 saturated heterocycles. The summed E-state index contributed by atoms with van der Waals surface area (Å²) < 4.78 is 5.41. The van der Waals surface area contributed by atoms with Crippen LogP contribution in [-0.4, -0.2) is 73.3 Å². The third-order valence-corrected chi connectivity index (χ3v) is 4.88. The number of piperazine rings is 1. The van der Waals surface area contributed by atoms with Crippen LogP contribution in [0.25, 0.3) is 0 Å². The highest BCUT2D eigenvalue weighted by Crippen LogP contribution is 2.20. The lowest BCUT2D eigenvalue weighted by Crippen LogP contribution is -2.49. The number of ether oxygens (including phenoxy) is 1. The largest absolute Gasteiger partial charge is 0.378 e. The van der Waals surface area contributed by atoms with E-state index in [4.69, 9.17) is 4.74 Å². The molecule has 2 aliphatic rings. The van der Waals surface area contributed by atoms with Gasteiger partial charge in [-0.3, -0.25) is 4.79 Å². The maximum atomic E-state index is 12.6. The summed E-state index contributed by atoms with van der Waals surface area (Å²) in [4.78, 5) is 27.8. The normalized spacial score (nSPS) is 18.1. The molecule has 3 heterocycles. The molecule has 0 saturated carbocycles. The average molecular weight is 353 g/mol. The van der Waals surface area contributed by atoms with Gasteiger partial charge in [-0.1, -0.05) is 18.2 Å². The van der Waals surface area contributed by atoms with Crippen LogP contribution in [0.5, 0.6) is 0 Å². The standard InChI is InChI=1S/C19H23N5O2/c25-19(16-4-2-1-3-5-16)24-8-6-22(7-9-24)17-14-18(21-15-20-17)23-10-12-26-13-11-23/h1-5,14-15H,6-13H2. The van der Waals surface area contributed by atoms with Crippen molar-refractivity contribution in [3.63, 3.8) is 0 Å². The molecule has 0 bridgehead atoms. The maximum absolute atomic E-state index is 12.6. The number of benzene rings is 1. The second-order valence-electron chi connectivity index (χ2n) is 6.48. The highest BCUT2D eigenvalue weighted by molar-refractivity contribution is 5.94. The van der Waals surface area contributed by atoms with E-state index in [0.29, 0.717) is 13.1 Å². The summed E-state index contributed by atoms with van der Waals surface area (Å²) >= 11 is 0. The lowest BCUT2D eigenvalue weighted by atomic mass is 10.2. The van der Waals surface area contributed by atoms with Crippen LogP contribution < -0.4 is 9.80 Å². The SMILES string of the molecule is O=C(c1ccccc1)N1CCN(c2cc(N3CCOCC3)ncn2)CC1. The van der Waals surface area contributed by atoms with E-state index in [1.165, 1.54) is 0 Å². The van der Waals surface area contributed by atoms with Crippen molar-refractivity contribution < 1.29 is 9.53 Å². The molecule has 1 aromatic carbocycles. The topological polar surface area (TPSA) is 61.8 Å². The monoisotopic (exact) mass is 353 g/mol. The molecule has 1 amide bonds. The number of carbonyl (C=O) groups excluding carboxylic acids is 1. The van der Waals surface area contributed by atoms with Gasteiger partial charge in [0, 0.05) is 50.9 Å². The zero-order valence-corrected chi connectivity index (χ0v) is 14.8. The number of rotatable bonds is 3. The predicted molar refractivity (Wildman–Crippen MR) is 99.6 cm³/mol. The highest BCUT2D eigenvalue weighted by atomic mass is 16.5. The first-order chi connectivity index (χ1) is 12.8. The number of carbonyl (C=O) groups is 1. The molecule has 0 aliphatic carbocycles. The molecule has 0 spiro atoms. The molecule has 2 aliphatic heterocycles. The molecule has 7 nitrogen and oxygen atoms in total. The van der Waals surface area contributed by atoms with E-state index in [-0.39, 0.29) is 5.91 Å². The molecule has 2 fully saturated rings. The van der Waals surface area contributed by atoms with Gasteiger partial charge in [0.05, 0.1) is 13.2 Å². The van der Waals surface area contributed by atoms with Crippen LogP contribution in [0.15, 0.2) is 42.7 Å². The van der Waals surface area contributed by atoms with E-state index in [9.17, 15) is 4.79 Å². The van der Waals surface area contributed by atoms with Crippen molar-refractivity contribution >= 4 is 17.5 Å². The summed E-state index contributed by atoms with van der Waals surface area (Å²) in [6.07, 6.45) is 1.63. The highest BCUT2D eigenvalue weighted by Gasteiger charge is 2.23. The molecule has 26 heavy (non-hydrogen) atoms. The first-order valence-electron chi connectivity index (χ1n) is 9.05. The zero-order valence-electron chi connectivity index (χ0n) is 14.8. The van der Waals surface area contributed by atoms with Crippen molar-refractivity contribution in [2.24, 2.45) is 0 Å². The van der Waals surface area contributed by atoms with E-state index >= 15 is 0 Å². The van der Waals surface area contributed by atoms with Gasteiger partial charge in [0.2, 0.25) is 0 Å². The maximum Gasteiger partial charge on any atom is 0.253 e. The molecular weight excluding hydrogens is 330 g/mol. The zero-order chi connectivity index (χ0) is 17.8. The van der Waals surface area contributed by atoms with Gasteiger partial charge in [-0.2, -0.15) is 0 Å². The third-order valence-electron chi connectivity index (χ3n) is 4.88. The fraction of sp³-hybridized carbons (Fsp3) is 0.421. The Kier molecular flexibility index (Phi) is 4.97. The predicted octanol–water partition coefficient (Wildman–Crippen LogP) is 1.28. The minimum atomic E-state index is 0.0990. The van der Waals surface area contributed by atoms with Crippen molar-refractivity contribution in [3.05, 3.63) is 48.3 Å². The van der Waals surface area contributed by atoms with Crippen LogP contribution in [0.1, 0.15) is 10.4 Å². The Morgan fingerprint density at radius 2 is 1.46 bits per heavy atom. The second-order valence-corrected chi connectivity index (χ2v) is 6.48. The molecule has 7 heteroatoms. The van der Waals surface area contributed by atoms with Crippen LogP contribution in [0.2, 0.25) is 0 Å². The van der Waals surface area contributed by atoms with Gasteiger partial charge >= 0.3 is 0 Å². The number of amides is 1. The van der Waals surface area contributed by atoms with Gasteiger partial charge in [-0.25, -0.2) is 9.97 Å². The van der Waals surface area contributed by atoms with Crippen molar-refractivity contribution in [2.75, 3.05) is 62.3 Å². The molecule has 2 aromatic rings. The minimum absolute atomic E-state index is 0.0990. The molecule has 4 rings (SSSR count). The van der Waals surface area contributed by atoms with Gasteiger partial charge in [-0.15, -0.1) is 0 Å². The van der Waals surface area contributed by atoms with Crippen LogP contribution >= 0.6 is 0 Å². The van der Waals surface area contributed by atoms with Crippen molar-refractivity contribution in [2.45, 2.75) is 0 Å². The van der Waals surface area contributed by atoms with E-state index in [2.05, 4.69) is 19.8 Å². The minimum Gasteiger partial charge on any atom is -0.378 e. The second kappa shape index (κ2) is 7.70. The van der Waals surface area contributed by atoms with Gasteiger partial charge < -0.3 is 19.4 Å². The van der Waals surface area contributed by atoms with Crippen LogP contribution in [0, 0.1) is 0 Å². The van der Waals surface area contributed by atoms with E-state index in [1.54, 1.807) is 6.33 Å². The number of hydrogen-bond acceptors (Lipinski definition) is 6. The Labute approximate surface area is 153 Å². The van der Waals surface area contributed by atoms with Crippen molar-refractivity contribution in [3.8, 4) is 0 Å². The number of morpholine rings is 1. The lowest BCUT2D eigenvalue weighted by Gasteiger charge is -2.36. The number of anilines is 2. The molecule has 0 unspecified atom stereocenters. The Bertz CT molecular complexity index is 741. The van der Waals surface area contributed by atoms with Gasteiger partial charge in [-0.05, 0) is 12.1 Å². The number of aromatic nitrogens is 2. The lowest BCUT2D eigenvalue weighted by molar-refractivity contribution is 0.0746. The fourth-order valence-electron chi connectivity index (χ4n) is 3.38. The fourth-order valence-corrected chi connectivity index (χ4v) is 3.38. The average Bonchev–Trinajstić information content (AvgIpc) is 2.75. The van der Waals surface area contributed by atoms with Crippen LogP contribution in [0.3, 0.4) is 0 Å². The molecule has 0 N–H and O–H groups in total. The van der Waals surface area contributed by atoms with Gasteiger partial charge in [0.15, 0.2) is 0 Å². The molecular formula is C19H23N5O2. The van der Waals surface area contributed by atoms with Gasteiger partial charge in [0.25, 0.3) is 5.91 Å². The summed E-state index contributed by atoms with van der Waals surface area (Å²) in [6.45, 7) is 6.14. The molecule has 0 radical (unpaired) electrons. The summed E-state index contributed by atoms with van der Waals surface area (Å²) in [5.74, 6) is 1.97. The Morgan fingerprint density at radius 3 is 2.12 bits per heavy atom. The third kappa shape index (κ3) is 3.62. The summed E-state index contributed by atoms with van der Waals surface area (Å²) in [5.41, 5.74) is 0.748. The number of nitrogens with zero attached hydrogens (tertiary/aromatic N) is 5. The Balaban J connectivity index is 1.39. The summed E-state index contributed by atoms with van der Waals surface area (Å²) in [5, 5.41) is 0. The van der Waals surface area contributed by atoms with E-state index < -0.39 is 0 Å². The Hall–Kier alpha value is -2.67. The van der Waals surface area contributed by atoms with E-state index in [1.807, 2.05) is 41.3 Å². The van der Waals surface area contributed by atoms with Crippen LogP contribution in [-0.2, 0) is 4.74 Å². The van der Waals surface area contributed by atoms with Gasteiger partial charge in [0.1, 0.15) is 18.0 Å². The van der Waals surface area contributed by atoms with Crippen LogP contribution in [0.4, 0.5) is 11.6 Å². The first kappa shape index (κ1) is 16.8. The number of hydrogen-bond donors (Lipinski definition) is 0. The first-order valence-corrected chi connectivity index (χ1v) is 9.05. The molecule has 0 atom stereocenters. The van der Waals surface area contributed by atoms with Crippen molar-refractivity contribution in [1.29, 1.82) is 0 Å². The van der Waals surface area contributed by atoms with E-state index in [0.717, 1.165) is 56.6 Å². The summed E-state index contributed by atoms with van der Waals surface area (Å²) in [7, 11) is 0. The Morgan fingerprint density at radius 1 is 0.846 bits per heavy atom. The smallest absolute Gasteiger partial charge is 0.253 e. The summed E-state index contributed by atoms with van der Waals surface area (Å²) in [6, 6.07) is 11.5. The van der Waals surface area contributed by atoms with Crippen molar-refractivity contribution in [1.82, 2.24) is 14.9 Å². The molecule has 1 aromatic heterocycles.